The Morgan fingerprint density at radius 2 is 1.64 bits per heavy atom. The maximum absolute atomic E-state index is 11.3. The molecule has 0 aliphatic carbocycles. The molecule has 0 saturated heterocycles. The van der Waals surface area contributed by atoms with E-state index in [-0.39, 0.29) is 19.6 Å². The van der Waals surface area contributed by atoms with Crippen LogP contribution in [0.4, 0.5) is 9.59 Å². The first-order chi connectivity index (χ1) is 10.5. The summed E-state index contributed by atoms with van der Waals surface area (Å²) in [6, 6.07) is -1.04. The quantitative estimate of drug-likeness (QED) is 0.393. The number of carboxylic acid groups (broad SMARTS) is 1. The van der Waals surface area contributed by atoms with E-state index in [1.165, 1.54) is 12.2 Å². The average molecular weight is 314 g/mol. The second-order valence-electron chi connectivity index (χ2n) is 4.23. The van der Waals surface area contributed by atoms with Crippen LogP contribution >= 0.6 is 0 Å². The fraction of sp³-hybridized carbons (Fsp3) is 0.500. The lowest BCUT2D eigenvalue weighted by Gasteiger charge is -2.14. The molecule has 22 heavy (non-hydrogen) atoms. The first-order valence-electron chi connectivity index (χ1n) is 6.79. The Hall–Kier alpha value is -2.51. The van der Waals surface area contributed by atoms with Crippen molar-refractivity contribution in [3.8, 4) is 0 Å². The predicted octanol–water partition coefficient (Wildman–Crippen LogP) is 1.43. The molecule has 1 unspecified atom stereocenters. The fourth-order valence-electron chi connectivity index (χ4n) is 1.43. The predicted molar refractivity (Wildman–Crippen MR) is 79.5 cm³/mol. The van der Waals surface area contributed by atoms with Gasteiger partial charge in [-0.05, 0) is 19.3 Å². The third-order valence-electron chi connectivity index (χ3n) is 2.44. The zero-order valence-corrected chi connectivity index (χ0v) is 12.4. The summed E-state index contributed by atoms with van der Waals surface area (Å²) in [4.78, 5) is 33.4. The summed E-state index contributed by atoms with van der Waals surface area (Å²) < 4.78 is 9.36. The van der Waals surface area contributed by atoms with Gasteiger partial charge in [-0.15, -0.1) is 0 Å². The number of rotatable bonds is 11. The Morgan fingerprint density at radius 3 is 2.18 bits per heavy atom. The van der Waals surface area contributed by atoms with Gasteiger partial charge in [-0.25, -0.2) is 14.4 Å². The Labute approximate surface area is 129 Å². The zero-order valence-electron chi connectivity index (χ0n) is 12.4. The maximum atomic E-state index is 11.3. The van der Waals surface area contributed by atoms with Crippen LogP contribution in [-0.2, 0) is 14.3 Å². The van der Waals surface area contributed by atoms with Crippen LogP contribution in [-0.4, -0.2) is 49.1 Å². The van der Waals surface area contributed by atoms with Crippen LogP contribution in [0.5, 0.6) is 0 Å². The average Bonchev–Trinajstić information content (AvgIpc) is 2.49. The second-order valence-corrected chi connectivity index (χ2v) is 4.23. The molecule has 0 rings (SSSR count). The molecule has 0 fully saturated rings. The van der Waals surface area contributed by atoms with Crippen LogP contribution < -0.4 is 10.6 Å². The molecule has 0 aliphatic rings. The van der Waals surface area contributed by atoms with E-state index in [4.69, 9.17) is 9.84 Å². The van der Waals surface area contributed by atoms with Gasteiger partial charge in [-0.3, -0.25) is 0 Å². The number of hydrogen-bond acceptors (Lipinski definition) is 5. The highest BCUT2D eigenvalue weighted by Gasteiger charge is 2.19. The zero-order chi connectivity index (χ0) is 16.8. The van der Waals surface area contributed by atoms with Crippen LogP contribution in [0.1, 0.15) is 19.3 Å². The molecule has 0 spiro atoms. The topological polar surface area (TPSA) is 114 Å². The highest BCUT2D eigenvalue weighted by Crippen LogP contribution is 2.02. The van der Waals surface area contributed by atoms with Gasteiger partial charge in [0.25, 0.3) is 0 Å². The van der Waals surface area contributed by atoms with E-state index in [0.29, 0.717) is 19.4 Å². The van der Waals surface area contributed by atoms with Crippen molar-refractivity contribution in [2.24, 2.45) is 0 Å². The van der Waals surface area contributed by atoms with Crippen molar-refractivity contribution >= 4 is 18.2 Å². The van der Waals surface area contributed by atoms with Crippen molar-refractivity contribution in [1.29, 1.82) is 0 Å². The minimum absolute atomic E-state index is 0.00884. The lowest BCUT2D eigenvalue weighted by Crippen LogP contribution is -2.41. The molecule has 0 radical (unpaired) electrons. The van der Waals surface area contributed by atoms with Crippen LogP contribution in [0, 0.1) is 0 Å². The van der Waals surface area contributed by atoms with Crippen molar-refractivity contribution in [3.05, 3.63) is 25.3 Å². The third-order valence-corrected chi connectivity index (χ3v) is 2.44. The van der Waals surface area contributed by atoms with Gasteiger partial charge in [-0.1, -0.05) is 25.3 Å². The van der Waals surface area contributed by atoms with E-state index in [1.54, 1.807) is 0 Å². The Morgan fingerprint density at radius 1 is 1.05 bits per heavy atom. The third kappa shape index (κ3) is 10.3. The lowest BCUT2D eigenvalue weighted by atomic mass is 10.1. The molecule has 124 valence electrons. The fourth-order valence-corrected chi connectivity index (χ4v) is 1.43. The molecule has 0 saturated carbocycles. The summed E-state index contributed by atoms with van der Waals surface area (Å²) in [6.07, 6.45) is 2.75. The summed E-state index contributed by atoms with van der Waals surface area (Å²) in [7, 11) is 0. The highest BCUT2D eigenvalue weighted by molar-refractivity contribution is 5.79. The Bertz CT molecular complexity index is 397. The summed E-state index contributed by atoms with van der Waals surface area (Å²) in [6.45, 7) is 7.28. The van der Waals surface area contributed by atoms with Crippen molar-refractivity contribution in [2.75, 3.05) is 19.8 Å². The van der Waals surface area contributed by atoms with Gasteiger partial charge < -0.3 is 25.2 Å². The monoisotopic (exact) mass is 314 g/mol. The minimum atomic E-state index is -1.14. The minimum Gasteiger partial charge on any atom is -0.480 e. The van der Waals surface area contributed by atoms with Crippen LogP contribution in [0.25, 0.3) is 0 Å². The number of unbranched alkanes of at least 4 members (excludes halogenated alkanes) is 1. The summed E-state index contributed by atoms with van der Waals surface area (Å²) >= 11 is 0. The number of nitrogens with one attached hydrogen (secondary N) is 2. The molecule has 1 atom stereocenters. The van der Waals surface area contributed by atoms with Gasteiger partial charge in [0, 0.05) is 6.54 Å². The molecule has 0 aromatic rings. The van der Waals surface area contributed by atoms with Crippen LogP contribution in [0.15, 0.2) is 25.3 Å². The number of amides is 2. The standard InChI is InChI=1S/C14H22N2O6/c1-3-9-21-13(19)15-8-6-5-7-11(12(17)18)16-14(20)22-10-4-2/h3-4,11H,1-2,5-10H2,(H,15,19)(H,16,20)(H,17,18). The number of aliphatic carboxylic acids is 1. The summed E-state index contributed by atoms with van der Waals surface area (Å²) in [5.41, 5.74) is 0. The van der Waals surface area contributed by atoms with Gasteiger partial charge in [0.05, 0.1) is 0 Å². The van der Waals surface area contributed by atoms with Gasteiger partial charge in [0.1, 0.15) is 19.3 Å². The smallest absolute Gasteiger partial charge is 0.408 e. The van der Waals surface area contributed by atoms with Crippen LogP contribution in [0.2, 0.25) is 0 Å². The molecule has 0 aromatic carbocycles. The first-order valence-corrected chi connectivity index (χ1v) is 6.79. The number of carbonyl (C=O) groups excluding carboxylic acids is 2. The molecule has 0 aromatic heterocycles. The van der Waals surface area contributed by atoms with Crippen molar-refractivity contribution in [2.45, 2.75) is 25.3 Å². The van der Waals surface area contributed by atoms with Gasteiger partial charge in [-0.2, -0.15) is 0 Å². The molecular weight excluding hydrogens is 292 g/mol. The second kappa shape index (κ2) is 12.2. The van der Waals surface area contributed by atoms with E-state index in [2.05, 4.69) is 28.5 Å². The molecule has 8 nitrogen and oxygen atoms in total. The highest BCUT2D eigenvalue weighted by atomic mass is 16.6. The number of carboxylic acids is 1. The summed E-state index contributed by atoms with van der Waals surface area (Å²) in [5, 5.41) is 13.8. The van der Waals surface area contributed by atoms with Crippen molar-refractivity contribution in [1.82, 2.24) is 10.6 Å². The maximum Gasteiger partial charge on any atom is 0.408 e. The Balaban J connectivity index is 3.89. The molecule has 8 heteroatoms. The van der Waals surface area contributed by atoms with E-state index in [1.807, 2.05) is 0 Å². The SMILES string of the molecule is C=CCOC(=O)NCCCCC(NC(=O)OCC=C)C(=O)O. The first kappa shape index (κ1) is 19.5. The number of ether oxygens (including phenoxy) is 2. The molecular formula is C14H22N2O6. The van der Waals surface area contributed by atoms with Gasteiger partial charge in [0.15, 0.2) is 0 Å². The molecule has 0 heterocycles. The van der Waals surface area contributed by atoms with E-state index in [9.17, 15) is 14.4 Å². The van der Waals surface area contributed by atoms with Crippen molar-refractivity contribution in [3.63, 3.8) is 0 Å². The lowest BCUT2D eigenvalue weighted by molar-refractivity contribution is -0.139. The van der Waals surface area contributed by atoms with Gasteiger partial charge in [0.2, 0.25) is 0 Å². The summed E-state index contributed by atoms with van der Waals surface area (Å²) in [5.74, 6) is -1.14. The molecule has 0 bridgehead atoms. The largest absolute Gasteiger partial charge is 0.480 e. The Kier molecular flexibility index (Phi) is 10.9. The van der Waals surface area contributed by atoms with Crippen LogP contribution in [0.3, 0.4) is 0 Å². The van der Waals surface area contributed by atoms with E-state index in [0.717, 1.165) is 0 Å². The normalized spacial score (nSPS) is 10.9. The molecule has 0 aliphatic heterocycles. The van der Waals surface area contributed by atoms with E-state index < -0.39 is 24.2 Å². The molecule has 2 amide bonds. The number of alkyl carbamates (subject to hydrolysis) is 2. The van der Waals surface area contributed by atoms with Gasteiger partial charge >= 0.3 is 18.2 Å². The number of hydrogen-bond donors (Lipinski definition) is 3. The number of carbonyl (C=O) groups is 3. The van der Waals surface area contributed by atoms with Crippen molar-refractivity contribution < 1.29 is 29.0 Å². The molecule has 3 N–H and O–H groups in total. The van der Waals surface area contributed by atoms with E-state index >= 15 is 0 Å².